The van der Waals surface area contributed by atoms with Gasteiger partial charge in [0.05, 0.1) is 0 Å². The van der Waals surface area contributed by atoms with Gasteiger partial charge in [-0.25, -0.2) is 4.98 Å². The summed E-state index contributed by atoms with van der Waals surface area (Å²) >= 11 is 3.22. The Morgan fingerprint density at radius 1 is 1.40 bits per heavy atom. The minimum absolute atomic E-state index is 0.180. The van der Waals surface area contributed by atoms with E-state index in [1.807, 2.05) is 6.92 Å². The van der Waals surface area contributed by atoms with Crippen LogP contribution >= 0.6 is 15.9 Å². The number of aromatic nitrogens is 1. The average molecular weight is 343 g/mol. The zero-order chi connectivity index (χ0) is 15.0. The summed E-state index contributed by atoms with van der Waals surface area (Å²) in [6, 6.07) is 5.17. The van der Waals surface area contributed by atoms with Crippen molar-refractivity contribution in [2.45, 2.75) is 32.6 Å². The summed E-state index contributed by atoms with van der Waals surface area (Å²) < 4.78 is 0.623. The first-order valence-corrected chi connectivity index (χ1v) is 7.44. The minimum Gasteiger partial charge on any atom is -0.481 e. The summed E-state index contributed by atoms with van der Waals surface area (Å²) in [6.07, 6.45) is 2.53. The molecule has 0 aromatic carbocycles. The monoisotopic (exact) mass is 342 g/mol. The van der Waals surface area contributed by atoms with E-state index < -0.39 is 5.97 Å². The van der Waals surface area contributed by atoms with Crippen LogP contribution in [0.5, 0.6) is 0 Å². The van der Waals surface area contributed by atoms with Crippen LogP contribution in [-0.4, -0.2) is 28.5 Å². The Morgan fingerprint density at radius 3 is 2.75 bits per heavy atom. The van der Waals surface area contributed by atoms with Gasteiger partial charge in [0.1, 0.15) is 10.3 Å². The Hall–Kier alpha value is -1.43. The highest BCUT2D eigenvalue weighted by molar-refractivity contribution is 9.10. The Bertz CT molecular complexity index is 465. The second-order valence-electron chi connectivity index (χ2n) is 4.60. The lowest BCUT2D eigenvalue weighted by Crippen LogP contribution is -2.26. The van der Waals surface area contributed by atoms with Gasteiger partial charge in [-0.05, 0) is 46.8 Å². The molecule has 0 fully saturated rings. The molecule has 0 aliphatic carbocycles. The van der Waals surface area contributed by atoms with Crippen LogP contribution in [0, 0.1) is 5.92 Å². The minimum atomic E-state index is -0.772. The van der Waals surface area contributed by atoms with Crippen LogP contribution in [-0.2, 0) is 4.79 Å². The predicted octanol–water partition coefficient (Wildman–Crippen LogP) is 2.86. The first-order valence-electron chi connectivity index (χ1n) is 6.65. The number of nitrogens with zero attached hydrogens (tertiary/aromatic N) is 1. The van der Waals surface area contributed by atoms with Crippen molar-refractivity contribution in [1.29, 1.82) is 0 Å². The summed E-state index contributed by atoms with van der Waals surface area (Å²) in [5.41, 5.74) is 0.373. The number of rotatable bonds is 8. The van der Waals surface area contributed by atoms with Gasteiger partial charge < -0.3 is 10.4 Å². The van der Waals surface area contributed by atoms with E-state index in [9.17, 15) is 9.59 Å². The molecule has 0 spiro atoms. The molecular weight excluding hydrogens is 324 g/mol. The van der Waals surface area contributed by atoms with Crippen molar-refractivity contribution >= 4 is 27.8 Å². The van der Waals surface area contributed by atoms with Crippen LogP contribution in [0.4, 0.5) is 0 Å². The maximum atomic E-state index is 11.8. The van der Waals surface area contributed by atoms with Crippen LogP contribution in [0.2, 0.25) is 0 Å². The zero-order valence-electron chi connectivity index (χ0n) is 11.4. The third kappa shape index (κ3) is 6.14. The van der Waals surface area contributed by atoms with Gasteiger partial charge in [-0.1, -0.05) is 19.4 Å². The van der Waals surface area contributed by atoms with E-state index in [0.29, 0.717) is 29.2 Å². The Kier molecular flexibility index (Phi) is 7.22. The summed E-state index contributed by atoms with van der Waals surface area (Å²) in [5.74, 6) is -0.660. The van der Waals surface area contributed by atoms with Crippen LogP contribution in [0.1, 0.15) is 43.1 Å². The number of carboxylic acids is 1. The van der Waals surface area contributed by atoms with Crippen LogP contribution < -0.4 is 5.32 Å². The Morgan fingerprint density at radius 2 is 2.15 bits per heavy atom. The number of carbonyl (C=O) groups excluding carboxylic acids is 1. The maximum absolute atomic E-state index is 11.8. The van der Waals surface area contributed by atoms with Gasteiger partial charge in [-0.3, -0.25) is 9.59 Å². The van der Waals surface area contributed by atoms with E-state index in [4.69, 9.17) is 5.11 Å². The van der Waals surface area contributed by atoms with Crippen LogP contribution in [0.3, 0.4) is 0 Å². The molecule has 0 radical (unpaired) electrons. The predicted molar refractivity (Wildman–Crippen MR) is 79.5 cm³/mol. The molecular formula is C14H19BrN2O3. The summed E-state index contributed by atoms with van der Waals surface area (Å²) in [7, 11) is 0. The number of amides is 1. The molecule has 0 aliphatic heterocycles. The maximum Gasteiger partial charge on any atom is 0.303 e. The smallest absolute Gasteiger partial charge is 0.303 e. The summed E-state index contributed by atoms with van der Waals surface area (Å²) in [4.78, 5) is 26.5. The molecule has 1 aromatic rings. The molecule has 110 valence electrons. The lowest BCUT2D eigenvalue weighted by atomic mass is 9.96. The lowest BCUT2D eigenvalue weighted by molar-refractivity contribution is -0.137. The molecule has 0 aliphatic rings. The number of carboxylic acid groups (broad SMARTS) is 1. The molecule has 0 saturated heterocycles. The Labute approximate surface area is 126 Å². The van der Waals surface area contributed by atoms with Crippen LogP contribution in [0.25, 0.3) is 0 Å². The van der Waals surface area contributed by atoms with E-state index in [2.05, 4.69) is 26.2 Å². The molecule has 0 bridgehead atoms. The topological polar surface area (TPSA) is 79.3 Å². The van der Waals surface area contributed by atoms with Gasteiger partial charge in [0.15, 0.2) is 0 Å². The highest BCUT2D eigenvalue weighted by Gasteiger charge is 2.11. The van der Waals surface area contributed by atoms with Crippen molar-refractivity contribution in [2.75, 3.05) is 6.54 Å². The van der Waals surface area contributed by atoms with Gasteiger partial charge in [-0.15, -0.1) is 0 Å². The second kappa shape index (κ2) is 8.68. The van der Waals surface area contributed by atoms with Gasteiger partial charge in [0.25, 0.3) is 5.91 Å². The number of aliphatic carboxylic acids is 1. The number of pyridine rings is 1. The molecule has 1 atom stereocenters. The van der Waals surface area contributed by atoms with Crippen molar-refractivity contribution in [1.82, 2.24) is 10.3 Å². The highest BCUT2D eigenvalue weighted by Crippen LogP contribution is 2.14. The normalized spacial score (nSPS) is 11.9. The average Bonchev–Trinajstić information content (AvgIpc) is 2.42. The van der Waals surface area contributed by atoms with E-state index in [1.54, 1.807) is 18.2 Å². The van der Waals surface area contributed by atoms with E-state index >= 15 is 0 Å². The number of hydrogen-bond acceptors (Lipinski definition) is 3. The number of hydrogen-bond donors (Lipinski definition) is 2. The fourth-order valence-corrected chi connectivity index (χ4v) is 2.24. The Balaban J connectivity index is 2.35. The second-order valence-corrected chi connectivity index (χ2v) is 5.41. The molecule has 2 N–H and O–H groups in total. The number of carbonyl (C=O) groups is 2. The molecule has 0 saturated carbocycles. The van der Waals surface area contributed by atoms with Gasteiger partial charge in [0.2, 0.25) is 0 Å². The number of halogens is 1. The first-order chi connectivity index (χ1) is 9.52. The third-order valence-electron chi connectivity index (χ3n) is 3.13. The molecule has 5 nitrogen and oxygen atoms in total. The molecule has 1 amide bonds. The van der Waals surface area contributed by atoms with Crippen LogP contribution in [0.15, 0.2) is 22.8 Å². The number of nitrogens with one attached hydrogen (secondary N) is 1. The fourth-order valence-electron chi connectivity index (χ4n) is 1.90. The lowest BCUT2D eigenvalue weighted by Gasteiger charge is -2.13. The van der Waals surface area contributed by atoms with Crippen molar-refractivity contribution in [3.8, 4) is 0 Å². The molecule has 1 heterocycles. The molecule has 20 heavy (non-hydrogen) atoms. The van der Waals surface area contributed by atoms with Crippen molar-refractivity contribution in [3.05, 3.63) is 28.5 Å². The fraction of sp³-hybridized carbons (Fsp3) is 0.500. The largest absolute Gasteiger partial charge is 0.481 e. The van der Waals surface area contributed by atoms with Crippen molar-refractivity contribution in [3.63, 3.8) is 0 Å². The molecule has 1 rings (SSSR count). The highest BCUT2D eigenvalue weighted by atomic mass is 79.9. The quantitative estimate of drug-likeness (QED) is 0.712. The molecule has 1 unspecified atom stereocenters. The standard InChI is InChI=1S/C14H19BrN2O3/c1-2-10(6-7-13(18)19)8-9-16-14(20)11-4-3-5-12(15)17-11/h3-5,10H,2,6-9H2,1H3,(H,16,20)(H,18,19). The van der Waals surface area contributed by atoms with E-state index in [0.717, 1.165) is 12.8 Å². The van der Waals surface area contributed by atoms with E-state index in [-0.39, 0.29) is 12.3 Å². The van der Waals surface area contributed by atoms with Crippen molar-refractivity contribution in [2.24, 2.45) is 5.92 Å². The summed E-state index contributed by atoms with van der Waals surface area (Å²) in [6.45, 7) is 2.56. The van der Waals surface area contributed by atoms with Gasteiger partial charge >= 0.3 is 5.97 Å². The van der Waals surface area contributed by atoms with Crippen molar-refractivity contribution < 1.29 is 14.7 Å². The third-order valence-corrected chi connectivity index (χ3v) is 3.57. The van der Waals surface area contributed by atoms with Gasteiger partial charge in [0, 0.05) is 13.0 Å². The first kappa shape index (κ1) is 16.6. The molecule has 6 heteroatoms. The van der Waals surface area contributed by atoms with E-state index in [1.165, 1.54) is 0 Å². The SMILES string of the molecule is CCC(CCNC(=O)c1cccc(Br)n1)CCC(=O)O. The zero-order valence-corrected chi connectivity index (χ0v) is 13.0. The van der Waals surface area contributed by atoms with Gasteiger partial charge in [-0.2, -0.15) is 0 Å². The summed E-state index contributed by atoms with van der Waals surface area (Å²) in [5, 5.41) is 11.5. The molecule has 1 aromatic heterocycles.